The number of carboxylic acids is 1. The van der Waals surface area contributed by atoms with Crippen molar-refractivity contribution in [2.75, 3.05) is 0 Å². The Balaban J connectivity index is 3.75. The van der Waals surface area contributed by atoms with E-state index in [-0.39, 0.29) is 6.42 Å². The largest absolute Gasteiger partial charge is 0.544 e. The highest BCUT2D eigenvalue weighted by Crippen LogP contribution is 2.06. The maximum Gasteiger partial charge on any atom is 0.154 e. The normalized spacial score (nSPS) is 16.5. The zero-order valence-corrected chi connectivity index (χ0v) is 6.36. The van der Waals surface area contributed by atoms with Crippen LogP contribution < -0.4 is 10.8 Å². The maximum atomic E-state index is 10.1. The molecule has 0 saturated carbocycles. The Hall–Kier alpha value is -0.650. The molecule has 0 rings (SSSR count). The van der Waals surface area contributed by atoms with Crippen LogP contribution in [0, 0.1) is 5.92 Å². The standard InChI is InChI=1S/C6H13NO4/c1-3(5(8)9)2-4(7)6(10)11/h3-5,8-9H,2,7H2,1H3,(H,10,11)/t3-,4+/m1/s1. The molecule has 5 N–H and O–H groups in total. The van der Waals surface area contributed by atoms with Gasteiger partial charge in [0.2, 0.25) is 0 Å². The third-order valence-electron chi connectivity index (χ3n) is 1.50. The van der Waals surface area contributed by atoms with Gasteiger partial charge < -0.3 is 25.8 Å². The second-order valence-electron chi connectivity index (χ2n) is 2.64. The Morgan fingerprint density at radius 2 is 2.09 bits per heavy atom. The zero-order valence-electron chi connectivity index (χ0n) is 6.36. The second-order valence-corrected chi connectivity index (χ2v) is 2.64. The van der Waals surface area contributed by atoms with Gasteiger partial charge in [-0.05, 0) is 0 Å². The lowest BCUT2D eigenvalue weighted by Gasteiger charge is -2.16. The number of aliphatic carboxylic acids is 1. The minimum absolute atomic E-state index is 0.111. The van der Waals surface area contributed by atoms with Gasteiger partial charge >= 0.3 is 0 Å². The fraction of sp³-hybridized carbons (Fsp3) is 0.833. The van der Waals surface area contributed by atoms with E-state index in [0.29, 0.717) is 0 Å². The molecule has 0 bridgehead atoms. The SMILES string of the molecule is C[C@H](C[C@H]([NH3+])C(=O)[O-])C(O)O. The summed E-state index contributed by atoms with van der Waals surface area (Å²) in [6.45, 7) is 1.53. The number of carbonyl (C=O) groups is 1. The fourth-order valence-electron chi connectivity index (χ4n) is 0.667. The molecule has 5 heteroatoms. The van der Waals surface area contributed by atoms with Gasteiger partial charge in [0.05, 0.1) is 5.97 Å². The first-order valence-corrected chi connectivity index (χ1v) is 3.35. The number of hydrogen-bond donors (Lipinski definition) is 3. The summed E-state index contributed by atoms with van der Waals surface area (Å²) in [7, 11) is 0. The molecule has 11 heavy (non-hydrogen) atoms. The Morgan fingerprint density at radius 1 is 1.64 bits per heavy atom. The van der Waals surface area contributed by atoms with Gasteiger partial charge in [0.15, 0.2) is 6.29 Å². The topological polar surface area (TPSA) is 108 Å². The first kappa shape index (κ1) is 10.3. The summed E-state index contributed by atoms with van der Waals surface area (Å²) in [5.74, 6) is -1.76. The van der Waals surface area contributed by atoms with Crippen molar-refractivity contribution in [1.29, 1.82) is 0 Å². The molecule has 0 aliphatic carbocycles. The monoisotopic (exact) mass is 163 g/mol. The van der Waals surface area contributed by atoms with Gasteiger partial charge in [-0.3, -0.25) is 0 Å². The van der Waals surface area contributed by atoms with E-state index in [1.807, 2.05) is 0 Å². The molecule has 0 aliphatic rings. The second kappa shape index (κ2) is 4.27. The van der Waals surface area contributed by atoms with Crippen molar-refractivity contribution in [1.82, 2.24) is 0 Å². The van der Waals surface area contributed by atoms with Gasteiger partial charge in [-0.15, -0.1) is 0 Å². The minimum Gasteiger partial charge on any atom is -0.544 e. The van der Waals surface area contributed by atoms with Crippen LogP contribution in [0.4, 0.5) is 0 Å². The molecule has 0 spiro atoms. The Morgan fingerprint density at radius 3 is 2.36 bits per heavy atom. The van der Waals surface area contributed by atoms with Gasteiger partial charge in [0, 0.05) is 12.3 Å². The molecule has 0 aromatic rings. The van der Waals surface area contributed by atoms with Crippen molar-refractivity contribution in [2.24, 2.45) is 5.92 Å². The molecule has 0 aliphatic heterocycles. The van der Waals surface area contributed by atoms with Crippen molar-refractivity contribution in [3.63, 3.8) is 0 Å². The van der Waals surface area contributed by atoms with Crippen LogP contribution in [-0.2, 0) is 4.79 Å². The van der Waals surface area contributed by atoms with E-state index in [9.17, 15) is 9.90 Å². The molecule has 2 atom stereocenters. The molecule has 0 amide bonds. The van der Waals surface area contributed by atoms with E-state index >= 15 is 0 Å². The summed E-state index contributed by atoms with van der Waals surface area (Å²) in [5, 5.41) is 27.3. The van der Waals surface area contributed by atoms with Crippen molar-refractivity contribution >= 4 is 5.97 Å². The van der Waals surface area contributed by atoms with E-state index in [1.165, 1.54) is 6.92 Å². The van der Waals surface area contributed by atoms with Gasteiger partial charge in [0.25, 0.3) is 0 Å². The number of aliphatic hydroxyl groups is 2. The molecular formula is C6H13NO4. The summed E-state index contributed by atoms with van der Waals surface area (Å²) in [6, 6.07) is -0.883. The highest BCUT2D eigenvalue weighted by Gasteiger charge is 2.17. The molecule has 0 heterocycles. The summed E-state index contributed by atoms with van der Waals surface area (Å²) >= 11 is 0. The van der Waals surface area contributed by atoms with Crippen LogP contribution in [0.1, 0.15) is 13.3 Å². The summed E-state index contributed by atoms with van der Waals surface area (Å²) in [5.41, 5.74) is 3.28. The smallest absolute Gasteiger partial charge is 0.154 e. The van der Waals surface area contributed by atoms with E-state index in [4.69, 9.17) is 10.2 Å². The van der Waals surface area contributed by atoms with Gasteiger partial charge in [-0.25, -0.2) is 0 Å². The van der Waals surface area contributed by atoms with Crippen LogP contribution in [0.15, 0.2) is 0 Å². The van der Waals surface area contributed by atoms with E-state index in [2.05, 4.69) is 5.73 Å². The van der Waals surface area contributed by atoms with E-state index in [1.54, 1.807) is 0 Å². The Labute approximate surface area is 64.4 Å². The Kier molecular flexibility index (Phi) is 4.02. The predicted octanol–water partition coefficient (Wildman–Crippen LogP) is -3.32. The van der Waals surface area contributed by atoms with Crippen molar-refractivity contribution in [2.45, 2.75) is 25.7 Å². The van der Waals surface area contributed by atoms with Crippen LogP contribution >= 0.6 is 0 Å². The highest BCUT2D eigenvalue weighted by molar-refractivity contribution is 5.69. The van der Waals surface area contributed by atoms with Gasteiger partial charge in [0.1, 0.15) is 6.04 Å². The van der Waals surface area contributed by atoms with Crippen molar-refractivity contribution in [3.05, 3.63) is 0 Å². The number of hydrogen-bond acceptors (Lipinski definition) is 4. The first-order chi connectivity index (χ1) is 4.95. The Bertz CT molecular complexity index is 137. The van der Waals surface area contributed by atoms with Crippen LogP contribution in [0.3, 0.4) is 0 Å². The van der Waals surface area contributed by atoms with Gasteiger partial charge in [-0.2, -0.15) is 0 Å². The zero-order chi connectivity index (χ0) is 9.02. The number of carbonyl (C=O) groups excluding carboxylic acids is 1. The molecule has 0 aromatic carbocycles. The molecule has 0 radical (unpaired) electrons. The van der Waals surface area contributed by atoms with Crippen LogP contribution in [0.2, 0.25) is 0 Å². The fourth-order valence-corrected chi connectivity index (χ4v) is 0.667. The first-order valence-electron chi connectivity index (χ1n) is 3.35. The lowest BCUT2D eigenvalue weighted by atomic mass is 10.0. The number of rotatable bonds is 4. The lowest BCUT2D eigenvalue weighted by Crippen LogP contribution is -2.69. The van der Waals surface area contributed by atoms with Crippen LogP contribution in [-0.4, -0.2) is 28.5 Å². The predicted molar refractivity (Wildman–Crippen MR) is 33.7 cm³/mol. The number of quaternary nitrogens is 1. The van der Waals surface area contributed by atoms with Crippen LogP contribution in [0.5, 0.6) is 0 Å². The average Bonchev–Trinajstić information content (AvgIpc) is 1.87. The molecule has 5 nitrogen and oxygen atoms in total. The summed E-state index contributed by atoms with van der Waals surface area (Å²) in [4.78, 5) is 10.1. The maximum absolute atomic E-state index is 10.1. The third kappa shape index (κ3) is 3.92. The molecule has 0 aromatic heterocycles. The molecule has 0 unspecified atom stereocenters. The third-order valence-corrected chi connectivity index (χ3v) is 1.50. The van der Waals surface area contributed by atoms with Crippen LogP contribution in [0.25, 0.3) is 0 Å². The minimum atomic E-state index is -1.49. The molecular weight excluding hydrogens is 150 g/mol. The lowest BCUT2D eigenvalue weighted by molar-refractivity contribution is -0.441. The molecule has 66 valence electrons. The van der Waals surface area contributed by atoms with E-state index < -0.39 is 24.2 Å². The number of carboxylic acid groups (broad SMARTS) is 1. The molecule has 0 saturated heterocycles. The van der Waals surface area contributed by atoms with Crippen molar-refractivity contribution < 1.29 is 25.8 Å². The quantitative estimate of drug-likeness (QED) is 0.377. The summed E-state index contributed by atoms with van der Waals surface area (Å²) in [6.07, 6.45) is -1.38. The molecule has 0 fully saturated rings. The van der Waals surface area contributed by atoms with Crippen molar-refractivity contribution in [3.8, 4) is 0 Å². The van der Waals surface area contributed by atoms with Gasteiger partial charge in [-0.1, -0.05) is 6.92 Å². The summed E-state index contributed by atoms with van der Waals surface area (Å²) < 4.78 is 0. The average molecular weight is 163 g/mol. The highest BCUT2D eigenvalue weighted by atomic mass is 16.5. The number of aliphatic hydroxyl groups excluding tert-OH is 1. The van der Waals surface area contributed by atoms with E-state index in [0.717, 1.165) is 0 Å².